The van der Waals surface area contributed by atoms with E-state index in [0.29, 0.717) is 6.54 Å². The van der Waals surface area contributed by atoms with Crippen molar-refractivity contribution < 1.29 is 0 Å². The van der Waals surface area contributed by atoms with Crippen molar-refractivity contribution in [2.45, 2.75) is 32.1 Å². The smallest absolute Gasteiger partial charge is 0.219 e. The number of thiophene rings is 1. The maximum Gasteiger partial charge on any atom is 0.219 e. The van der Waals surface area contributed by atoms with Crippen molar-refractivity contribution in [3.05, 3.63) is 32.8 Å². The monoisotopic (exact) mass is 191 g/mol. The molecular formula is C11H13NS. The van der Waals surface area contributed by atoms with E-state index < -0.39 is 0 Å². The van der Waals surface area contributed by atoms with E-state index in [9.17, 15) is 0 Å². The zero-order valence-corrected chi connectivity index (χ0v) is 8.49. The second-order valence-corrected chi connectivity index (χ2v) is 4.72. The third-order valence-electron chi connectivity index (χ3n) is 2.52. The minimum absolute atomic E-state index is 0.652. The molecular weight excluding hydrogens is 178 g/mol. The summed E-state index contributed by atoms with van der Waals surface area (Å²) in [6.07, 6.45) is 6.21. The molecule has 0 aromatic carbocycles. The quantitative estimate of drug-likeness (QED) is 0.633. The first-order chi connectivity index (χ1) is 6.40. The molecule has 0 atom stereocenters. The Morgan fingerprint density at radius 3 is 3.00 bits per heavy atom. The standard InChI is InChI=1S/C11H13NS/c1-12-7-6-10-8-9-4-2-3-5-11(9)13-10/h8H,2-7H2. The number of nitrogens with zero attached hydrogens (tertiary/aromatic N) is 1. The van der Waals surface area contributed by atoms with Crippen LogP contribution in [0.15, 0.2) is 6.07 Å². The molecule has 0 aliphatic heterocycles. The zero-order chi connectivity index (χ0) is 9.10. The van der Waals surface area contributed by atoms with Gasteiger partial charge in [-0.25, -0.2) is 6.57 Å². The van der Waals surface area contributed by atoms with Crippen molar-refractivity contribution in [2.24, 2.45) is 0 Å². The maximum absolute atomic E-state index is 6.74. The lowest BCUT2D eigenvalue weighted by Gasteiger charge is -2.08. The Bertz CT molecular complexity index is 309. The van der Waals surface area contributed by atoms with Crippen molar-refractivity contribution >= 4 is 11.3 Å². The Morgan fingerprint density at radius 2 is 2.23 bits per heavy atom. The molecule has 0 unspecified atom stereocenters. The predicted octanol–water partition coefficient (Wildman–Crippen LogP) is 3.09. The van der Waals surface area contributed by atoms with Gasteiger partial charge in [0.05, 0.1) is 6.42 Å². The molecule has 1 aliphatic carbocycles. The highest BCUT2D eigenvalue weighted by Gasteiger charge is 2.13. The molecule has 1 aromatic heterocycles. The number of hydrogen-bond donors (Lipinski definition) is 0. The number of fused-ring (bicyclic) bond motifs is 1. The summed E-state index contributed by atoms with van der Waals surface area (Å²) in [6.45, 7) is 7.40. The van der Waals surface area contributed by atoms with Crippen LogP contribution >= 0.6 is 11.3 Å². The largest absolute Gasteiger partial charge is 0.317 e. The van der Waals surface area contributed by atoms with E-state index in [2.05, 4.69) is 10.9 Å². The Balaban J connectivity index is 2.12. The predicted molar refractivity (Wildman–Crippen MR) is 56.1 cm³/mol. The molecule has 0 saturated carbocycles. The number of hydrogen-bond acceptors (Lipinski definition) is 1. The Kier molecular flexibility index (Phi) is 2.65. The van der Waals surface area contributed by atoms with Gasteiger partial charge in [-0.1, -0.05) is 0 Å². The molecule has 0 bridgehead atoms. The summed E-state index contributed by atoms with van der Waals surface area (Å²) < 4.78 is 0. The van der Waals surface area contributed by atoms with Gasteiger partial charge in [0.2, 0.25) is 6.54 Å². The third-order valence-corrected chi connectivity index (χ3v) is 3.81. The average Bonchev–Trinajstić information content (AvgIpc) is 2.57. The van der Waals surface area contributed by atoms with E-state index in [1.807, 2.05) is 11.3 Å². The van der Waals surface area contributed by atoms with Crippen LogP contribution in [0.3, 0.4) is 0 Å². The zero-order valence-electron chi connectivity index (χ0n) is 7.68. The molecule has 2 rings (SSSR count). The lowest BCUT2D eigenvalue weighted by atomic mass is 9.99. The van der Waals surface area contributed by atoms with E-state index in [1.54, 1.807) is 10.4 Å². The van der Waals surface area contributed by atoms with Gasteiger partial charge in [0.1, 0.15) is 0 Å². The van der Waals surface area contributed by atoms with Gasteiger partial charge in [0, 0.05) is 9.75 Å². The fourth-order valence-corrected chi connectivity index (χ4v) is 3.09. The van der Waals surface area contributed by atoms with E-state index >= 15 is 0 Å². The van der Waals surface area contributed by atoms with Gasteiger partial charge in [-0.15, -0.1) is 11.3 Å². The molecule has 0 N–H and O–H groups in total. The minimum atomic E-state index is 0.652. The molecule has 1 aromatic rings. The summed E-state index contributed by atoms with van der Waals surface area (Å²) in [5.41, 5.74) is 1.57. The van der Waals surface area contributed by atoms with Crippen LogP contribution in [0.5, 0.6) is 0 Å². The molecule has 1 nitrogen and oxygen atoms in total. The first kappa shape index (κ1) is 8.77. The highest BCUT2D eigenvalue weighted by atomic mass is 32.1. The summed E-state index contributed by atoms with van der Waals surface area (Å²) in [7, 11) is 0. The van der Waals surface area contributed by atoms with Gasteiger partial charge in [-0.3, -0.25) is 0 Å². The van der Waals surface area contributed by atoms with E-state index in [0.717, 1.165) is 6.42 Å². The summed E-state index contributed by atoms with van der Waals surface area (Å²) in [6, 6.07) is 2.32. The van der Waals surface area contributed by atoms with Crippen molar-refractivity contribution in [1.82, 2.24) is 0 Å². The van der Waals surface area contributed by atoms with Crippen LogP contribution in [0.4, 0.5) is 0 Å². The van der Waals surface area contributed by atoms with Gasteiger partial charge in [-0.05, 0) is 37.3 Å². The van der Waals surface area contributed by atoms with Gasteiger partial charge in [0.15, 0.2) is 0 Å². The summed E-state index contributed by atoms with van der Waals surface area (Å²) in [5, 5.41) is 0. The summed E-state index contributed by atoms with van der Waals surface area (Å²) in [4.78, 5) is 6.40. The molecule has 0 fully saturated rings. The fraction of sp³-hybridized carbons (Fsp3) is 0.545. The van der Waals surface area contributed by atoms with E-state index in [-0.39, 0.29) is 0 Å². The van der Waals surface area contributed by atoms with Gasteiger partial charge >= 0.3 is 0 Å². The number of aryl methyl sites for hydroxylation is 2. The van der Waals surface area contributed by atoms with E-state index in [4.69, 9.17) is 6.57 Å². The fourth-order valence-electron chi connectivity index (χ4n) is 1.84. The van der Waals surface area contributed by atoms with Crippen LogP contribution in [0.2, 0.25) is 0 Å². The van der Waals surface area contributed by atoms with Crippen LogP contribution in [0.1, 0.15) is 28.2 Å². The van der Waals surface area contributed by atoms with Crippen molar-refractivity contribution in [3.63, 3.8) is 0 Å². The average molecular weight is 191 g/mol. The van der Waals surface area contributed by atoms with Crippen molar-refractivity contribution in [3.8, 4) is 0 Å². The lowest BCUT2D eigenvalue weighted by Crippen LogP contribution is -1.96. The Morgan fingerprint density at radius 1 is 1.38 bits per heavy atom. The molecule has 1 heterocycles. The highest BCUT2D eigenvalue weighted by molar-refractivity contribution is 7.12. The topological polar surface area (TPSA) is 4.36 Å². The molecule has 0 spiro atoms. The molecule has 0 radical (unpaired) electrons. The first-order valence-electron chi connectivity index (χ1n) is 4.84. The lowest BCUT2D eigenvalue weighted by molar-refractivity contribution is 0.697. The molecule has 13 heavy (non-hydrogen) atoms. The molecule has 68 valence electrons. The minimum Gasteiger partial charge on any atom is -0.317 e. The molecule has 1 aliphatic rings. The number of rotatable bonds is 2. The van der Waals surface area contributed by atoms with Gasteiger partial charge in [0.25, 0.3) is 0 Å². The maximum atomic E-state index is 6.74. The second kappa shape index (κ2) is 3.93. The normalized spacial score (nSPS) is 15.0. The van der Waals surface area contributed by atoms with Crippen LogP contribution < -0.4 is 0 Å². The Hall–Kier alpha value is -0.810. The van der Waals surface area contributed by atoms with Crippen LogP contribution in [0.25, 0.3) is 4.85 Å². The Labute approximate surface area is 83.2 Å². The molecule has 2 heteroatoms. The van der Waals surface area contributed by atoms with Crippen LogP contribution in [0, 0.1) is 6.57 Å². The van der Waals surface area contributed by atoms with Gasteiger partial charge < -0.3 is 4.85 Å². The van der Waals surface area contributed by atoms with Crippen molar-refractivity contribution in [2.75, 3.05) is 6.54 Å². The molecule has 0 saturated heterocycles. The van der Waals surface area contributed by atoms with E-state index in [1.165, 1.54) is 30.6 Å². The summed E-state index contributed by atoms with van der Waals surface area (Å²) >= 11 is 1.93. The molecule has 0 amide bonds. The second-order valence-electron chi connectivity index (χ2n) is 3.50. The van der Waals surface area contributed by atoms with Gasteiger partial charge in [-0.2, -0.15) is 0 Å². The highest BCUT2D eigenvalue weighted by Crippen LogP contribution is 2.29. The third kappa shape index (κ3) is 1.92. The van der Waals surface area contributed by atoms with Crippen molar-refractivity contribution in [1.29, 1.82) is 0 Å². The summed E-state index contributed by atoms with van der Waals surface area (Å²) in [5.74, 6) is 0. The SMILES string of the molecule is [C-]#[N+]CCc1cc2c(s1)CCCC2. The van der Waals surface area contributed by atoms with Crippen LogP contribution in [-0.4, -0.2) is 6.54 Å². The van der Waals surface area contributed by atoms with Crippen LogP contribution in [-0.2, 0) is 19.3 Å². The first-order valence-corrected chi connectivity index (χ1v) is 5.65.